The fourth-order valence-electron chi connectivity index (χ4n) is 2.07. The van der Waals surface area contributed by atoms with Crippen LogP contribution >= 0.6 is 0 Å². The first kappa shape index (κ1) is 15.4. The molecule has 0 aliphatic rings. The van der Waals surface area contributed by atoms with Crippen LogP contribution < -0.4 is 10.6 Å². The summed E-state index contributed by atoms with van der Waals surface area (Å²) < 4.78 is 0. The highest BCUT2D eigenvalue weighted by Gasteiger charge is 1.99. The first-order valence-electron chi connectivity index (χ1n) is 7.46. The summed E-state index contributed by atoms with van der Waals surface area (Å²) >= 11 is 0. The molecule has 0 spiro atoms. The highest BCUT2D eigenvalue weighted by Crippen LogP contribution is 2.07. The standard InChI is InChI=1S/C16H23N5/c1-3-15-10-16(21-13(2)20-15)19-9-5-8-18-12-14-6-4-7-17-11-14/h4,6-7,10-11,18H,3,5,8-9,12H2,1-2H3,(H,19,20,21). The molecule has 0 saturated heterocycles. The molecule has 0 amide bonds. The lowest BCUT2D eigenvalue weighted by molar-refractivity contribution is 0.661. The Balaban J connectivity index is 1.65. The Morgan fingerprint density at radius 3 is 2.86 bits per heavy atom. The maximum absolute atomic E-state index is 4.40. The molecule has 112 valence electrons. The van der Waals surface area contributed by atoms with Crippen LogP contribution in [-0.2, 0) is 13.0 Å². The van der Waals surface area contributed by atoms with Crippen LogP contribution in [0.3, 0.4) is 0 Å². The molecule has 5 nitrogen and oxygen atoms in total. The second-order valence-electron chi connectivity index (χ2n) is 4.96. The number of hydrogen-bond acceptors (Lipinski definition) is 5. The summed E-state index contributed by atoms with van der Waals surface area (Å²) in [7, 11) is 0. The van der Waals surface area contributed by atoms with E-state index in [0.29, 0.717) is 0 Å². The normalized spacial score (nSPS) is 10.6. The van der Waals surface area contributed by atoms with Crippen molar-refractivity contribution in [1.82, 2.24) is 20.3 Å². The third-order valence-corrected chi connectivity index (χ3v) is 3.14. The van der Waals surface area contributed by atoms with Crippen LogP contribution in [0.1, 0.15) is 30.4 Å². The molecule has 0 bridgehead atoms. The molecule has 2 rings (SSSR count). The second-order valence-corrected chi connectivity index (χ2v) is 4.96. The molecule has 2 aromatic heterocycles. The molecular weight excluding hydrogens is 262 g/mol. The van der Waals surface area contributed by atoms with Gasteiger partial charge in [0.05, 0.1) is 0 Å². The minimum atomic E-state index is 0.826. The largest absolute Gasteiger partial charge is 0.370 e. The molecule has 0 aromatic carbocycles. The smallest absolute Gasteiger partial charge is 0.129 e. The van der Waals surface area contributed by atoms with E-state index in [-0.39, 0.29) is 0 Å². The Morgan fingerprint density at radius 1 is 1.19 bits per heavy atom. The Bertz CT molecular complexity index is 542. The van der Waals surface area contributed by atoms with Crippen LogP contribution in [0.2, 0.25) is 0 Å². The summed E-state index contributed by atoms with van der Waals surface area (Å²) in [5, 5.41) is 6.76. The van der Waals surface area contributed by atoms with E-state index in [0.717, 1.165) is 49.8 Å². The molecule has 0 saturated carbocycles. The van der Waals surface area contributed by atoms with Crippen LogP contribution in [0, 0.1) is 6.92 Å². The number of nitrogens with one attached hydrogen (secondary N) is 2. The highest BCUT2D eigenvalue weighted by molar-refractivity contribution is 5.35. The topological polar surface area (TPSA) is 62.7 Å². The SMILES string of the molecule is CCc1cc(NCCCNCc2cccnc2)nc(C)n1. The number of pyridine rings is 1. The van der Waals surface area contributed by atoms with Crippen molar-refractivity contribution in [3.05, 3.63) is 47.7 Å². The zero-order valence-corrected chi connectivity index (χ0v) is 12.8. The van der Waals surface area contributed by atoms with Gasteiger partial charge in [-0.3, -0.25) is 4.98 Å². The van der Waals surface area contributed by atoms with Gasteiger partial charge in [-0.25, -0.2) is 9.97 Å². The Labute approximate surface area is 126 Å². The monoisotopic (exact) mass is 285 g/mol. The van der Waals surface area contributed by atoms with E-state index in [1.807, 2.05) is 25.3 Å². The molecular formula is C16H23N5. The third-order valence-electron chi connectivity index (χ3n) is 3.14. The lowest BCUT2D eigenvalue weighted by Gasteiger charge is -2.08. The Morgan fingerprint density at radius 2 is 2.10 bits per heavy atom. The molecule has 21 heavy (non-hydrogen) atoms. The lowest BCUT2D eigenvalue weighted by atomic mass is 10.3. The van der Waals surface area contributed by atoms with E-state index < -0.39 is 0 Å². The number of aryl methyl sites for hydroxylation is 2. The second kappa shape index (κ2) is 8.32. The average molecular weight is 285 g/mol. The predicted molar refractivity (Wildman–Crippen MR) is 85.2 cm³/mol. The van der Waals surface area contributed by atoms with E-state index in [1.165, 1.54) is 5.56 Å². The van der Waals surface area contributed by atoms with Crippen molar-refractivity contribution in [2.75, 3.05) is 18.4 Å². The number of rotatable bonds is 8. The lowest BCUT2D eigenvalue weighted by Crippen LogP contribution is -2.18. The molecule has 2 heterocycles. The van der Waals surface area contributed by atoms with Gasteiger partial charge in [0, 0.05) is 37.2 Å². The van der Waals surface area contributed by atoms with Gasteiger partial charge in [-0.15, -0.1) is 0 Å². The fraction of sp³-hybridized carbons (Fsp3) is 0.438. The van der Waals surface area contributed by atoms with Crippen molar-refractivity contribution >= 4 is 5.82 Å². The highest BCUT2D eigenvalue weighted by atomic mass is 15.0. The third kappa shape index (κ3) is 5.47. The predicted octanol–water partition coefficient (Wildman–Crippen LogP) is 2.33. The van der Waals surface area contributed by atoms with Gasteiger partial charge in [-0.1, -0.05) is 13.0 Å². The Hall–Kier alpha value is -2.01. The number of anilines is 1. The average Bonchev–Trinajstić information content (AvgIpc) is 2.51. The van der Waals surface area contributed by atoms with Gasteiger partial charge in [0.2, 0.25) is 0 Å². The molecule has 2 N–H and O–H groups in total. The summed E-state index contributed by atoms with van der Waals surface area (Å²) in [5.41, 5.74) is 2.30. The molecule has 0 aliphatic heterocycles. The zero-order chi connectivity index (χ0) is 14.9. The summed E-state index contributed by atoms with van der Waals surface area (Å²) in [6.07, 6.45) is 5.67. The van der Waals surface area contributed by atoms with E-state index >= 15 is 0 Å². The van der Waals surface area contributed by atoms with Crippen LogP contribution in [0.4, 0.5) is 5.82 Å². The first-order valence-corrected chi connectivity index (χ1v) is 7.46. The van der Waals surface area contributed by atoms with Gasteiger partial charge >= 0.3 is 0 Å². The van der Waals surface area contributed by atoms with Gasteiger partial charge in [0.1, 0.15) is 11.6 Å². The minimum Gasteiger partial charge on any atom is -0.370 e. The van der Waals surface area contributed by atoms with Crippen molar-refractivity contribution in [3.8, 4) is 0 Å². The van der Waals surface area contributed by atoms with Crippen LogP contribution in [0.5, 0.6) is 0 Å². The molecule has 0 unspecified atom stereocenters. The van der Waals surface area contributed by atoms with Crippen LogP contribution in [0.15, 0.2) is 30.6 Å². The summed E-state index contributed by atoms with van der Waals surface area (Å²) in [4.78, 5) is 12.9. The van der Waals surface area contributed by atoms with Gasteiger partial charge < -0.3 is 10.6 Å². The van der Waals surface area contributed by atoms with Crippen molar-refractivity contribution in [2.24, 2.45) is 0 Å². The number of aromatic nitrogens is 3. The van der Waals surface area contributed by atoms with E-state index in [1.54, 1.807) is 6.20 Å². The first-order chi connectivity index (χ1) is 10.3. The maximum atomic E-state index is 4.40. The van der Waals surface area contributed by atoms with Crippen LogP contribution in [0.25, 0.3) is 0 Å². The molecule has 2 aromatic rings. The van der Waals surface area contributed by atoms with Gasteiger partial charge in [-0.05, 0) is 37.9 Å². The maximum Gasteiger partial charge on any atom is 0.129 e. The number of nitrogens with zero attached hydrogens (tertiary/aromatic N) is 3. The van der Waals surface area contributed by atoms with Crippen molar-refractivity contribution in [2.45, 2.75) is 33.2 Å². The summed E-state index contributed by atoms with van der Waals surface area (Å²) in [5.74, 6) is 1.75. The quantitative estimate of drug-likeness (QED) is 0.729. The summed E-state index contributed by atoms with van der Waals surface area (Å²) in [6, 6.07) is 6.06. The van der Waals surface area contributed by atoms with Crippen molar-refractivity contribution < 1.29 is 0 Å². The van der Waals surface area contributed by atoms with Gasteiger partial charge in [0.25, 0.3) is 0 Å². The van der Waals surface area contributed by atoms with Crippen molar-refractivity contribution in [3.63, 3.8) is 0 Å². The summed E-state index contributed by atoms with van der Waals surface area (Å²) in [6.45, 7) is 6.76. The molecule has 5 heteroatoms. The van der Waals surface area contributed by atoms with E-state index in [4.69, 9.17) is 0 Å². The van der Waals surface area contributed by atoms with E-state index in [2.05, 4.69) is 38.6 Å². The van der Waals surface area contributed by atoms with Gasteiger partial charge in [-0.2, -0.15) is 0 Å². The molecule has 0 radical (unpaired) electrons. The zero-order valence-electron chi connectivity index (χ0n) is 12.8. The minimum absolute atomic E-state index is 0.826. The van der Waals surface area contributed by atoms with Crippen LogP contribution in [-0.4, -0.2) is 28.0 Å². The molecule has 0 atom stereocenters. The number of hydrogen-bond donors (Lipinski definition) is 2. The van der Waals surface area contributed by atoms with Crippen molar-refractivity contribution in [1.29, 1.82) is 0 Å². The Kier molecular flexibility index (Phi) is 6.09. The fourth-order valence-corrected chi connectivity index (χ4v) is 2.07. The van der Waals surface area contributed by atoms with Gasteiger partial charge in [0.15, 0.2) is 0 Å². The molecule has 0 fully saturated rings. The van der Waals surface area contributed by atoms with E-state index in [9.17, 15) is 0 Å². The molecule has 0 aliphatic carbocycles.